The second-order valence-corrected chi connectivity index (χ2v) is 7.71. The standard InChI is InChI=1S/C20H12Cl2N6O7/c21-10-2-1-3-11(15(10)22)27-20(32)35-7-8-6-23-17(24-8)9-4-12-13(5-14(9)28(33)34)26-18(29)16(25-12)19(30)31/h1-6H,7H2,(H,23,24)(H,26,29)(H,27,32)(H,30,31). The number of carboxylic acid groups (broad SMARTS) is 1. The van der Waals surface area contributed by atoms with Crippen LogP contribution >= 0.6 is 23.2 Å². The zero-order valence-electron chi connectivity index (χ0n) is 17.2. The molecule has 0 unspecified atom stereocenters. The zero-order chi connectivity index (χ0) is 25.3. The van der Waals surface area contributed by atoms with Crippen molar-refractivity contribution < 1.29 is 24.4 Å². The van der Waals surface area contributed by atoms with Gasteiger partial charge in [-0.2, -0.15) is 0 Å². The molecule has 0 saturated carbocycles. The third-order valence-electron chi connectivity index (χ3n) is 4.64. The van der Waals surface area contributed by atoms with Crippen molar-refractivity contribution in [3.8, 4) is 11.4 Å². The van der Waals surface area contributed by atoms with Crippen molar-refractivity contribution in [2.45, 2.75) is 6.61 Å². The number of amides is 1. The van der Waals surface area contributed by atoms with Crippen LogP contribution in [0, 0.1) is 10.1 Å². The Kier molecular flexibility index (Phi) is 6.36. The molecule has 4 aromatic rings. The van der Waals surface area contributed by atoms with Crippen LogP contribution in [0.4, 0.5) is 16.2 Å². The minimum atomic E-state index is -1.55. The number of ether oxygens (including phenoxy) is 1. The molecule has 15 heteroatoms. The molecular formula is C20H12Cl2N6O7. The van der Waals surface area contributed by atoms with Gasteiger partial charge in [0.15, 0.2) is 0 Å². The number of hydrogen-bond acceptors (Lipinski definition) is 8. The van der Waals surface area contributed by atoms with Crippen LogP contribution in [0.3, 0.4) is 0 Å². The van der Waals surface area contributed by atoms with Gasteiger partial charge in [-0.15, -0.1) is 0 Å². The quantitative estimate of drug-likeness (QED) is 0.215. The maximum absolute atomic E-state index is 12.1. The van der Waals surface area contributed by atoms with E-state index in [4.69, 9.17) is 33.0 Å². The van der Waals surface area contributed by atoms with E-state index in [2.05, 4.69) is 25.3 Å². The highest BCUT2D eigenvalue weighted by molar-refractivity contribution is 6.43. The monoisotopic (exact) mass is 518 g/mol. The van der Waals surface area contributed by atoms with E-state index in [1.165, 1.54) is 18.3 Å². The molecule has 0 aliphatic heterocycles. The molecule has 4 N–H and O–H groups in total. The summed E-state index contributed by atoms with van der Waals surface area (Å²) in [5, 5.41) is 23.5. The number of carboxylic acids is 1. The van der Waals surface area contributed by atoms with Gasteiger partial charge in [0, 0.05) is 6.07 Å². The molecule has 0 radical (unpaired) electrons. The van der Waals surface area contributed by atoms with Crippen molar-refractivity contribution >= 4 is 57.7 Å². The summed E-state index contributed by atoms with van der Waals surface area (Å²) in [6.45, 7) is -0.271. The van der Waals surface area contributed by atoms with Crippen LogP contribution in [0.2, 0.25) is 10.0 Å². The summed E-state index contributed by atoms with van der Waals surface area (Å²) < 4.78 is 5.11. The molecule has 0 aliphatic carbocycles. The topological polar surface area (TPSA) is 193 Å². The van der Waals surface area contributed by atoms with Gasteiger partial charge < -0.3 is 19.8 Å². The predicted molar refractivity (Wildman–Crippen MR) is 124 cm³/mol. The number of aromatic carboxylic acids is 1. The van der Waals surface area contributed by atoms with Gasteiger partial charge in [-0.1, -0.05) is 29.3 Å². The van der Waals surface area contributed by atoms with Crippen molar-refractivity contribution in [1.29, 1.82) is 0 Å². The van der Waals surface area contributed by atoms with Crippen LogP contribution in [0.5, 0.6) is 0 Å². The van der Waals surface area contributed by atoms with Crippen LogP contribution in [-0.2, 0) is 11.3 Å². The highest BCUT2D eigenvalue weighted by Gasteiger charge is 2.22. The van der Waals surface area contributed by atoms with E-state index in [1.54, 1.807) is 12.1 Å². The number of fused-ring (bicyclic) bond motifs is 1. The number of aromatic nitrogens is 4. The van der Waals surface area contributed by atoms with E-state index in [0.717, 1.165) is 6.07 Å². The first-order valence-corrected chi connectivity index (χ1v) is 10.3. The number of carbonyl (C=O) groups is 2. The van der Waals surface area contributed by atoms with Crippen molar-refractivity contribution in [2.24, 2.45) is 0 Å². The number of hydrogen-bond donors (Lipinski definition) is 4. The molecule has 0 aliphatic rings. The lowest BCUT2D eigenvalue weighted by Crippen LogP contribution is -2.19. The summed E-state index contributed by atoms with van der Waals surface area (Å²) >= 11 is 11.9. The number of nitro benzene ring substituents is 1. The normalized spacial score (nSPS) is 10.8. The molecule has 2 aromatic heterocycles. The third-order valence-corrected chi connectivity index (χ3v) is 5.46. The Morgan fingerprint density at radius 1 is 1.23 bits per heavy atom. The summed E-state index contributed by atoms with van der Waals surface area (Å²) in [6.07, 6.45) is 0.461. The molecule has 0 saturated heterocycles. The second-order valence-electron chi connectivity index (χ2n) is 6.92. The fraction of sp³-hybridized carbons (Fsp3) is 0.0500. The number of nitro groups is 1. The first kappa shape index (κ1) is 23.7. The Hall–Kier alpha value is -4.49. The highest BCUT2D eigenvalue weighted by Crippen LogP contribution is 2.32. The second kappa shape index (κ2) is 9.40. The van der Waals surface area contributed by atoms with E-state index in [0.29, 0.717) is 5.69 Å². The number of rotatable bonds is 6. The molecule has 0 spiro atoms. The summed E-state index contributed by atoms with van der Waals surface area (Å²) in [5.74, 6) is -1.52. The third kappa shape index (κ3) is 4.90. The Morgan fingerprint density at radius 3 is 2.71 bits per heavy atom. The largest absolute Gasteiger partial charge is 0.476 e. The predicted octanol–water partition coefficient (Wildman–Crippen LogP) is 3.98. The molecule has 1 amide bonds. The van der Waals surface area contributed by atoms with Gasteiger partial charge in [0.05, 0.1) is 49.1 Å². The van der Waals surface area contributed by atoms with Crippen LogP contribution in [-0.4, -0.2) is 42.0 Å². The van der Waals surface area contributed by atoms with Gasteiger partial charge in [-0.25, -0.2) is 19.6 Å². The number of benzene rings is 2. The van der Waals surface area contributed by atoms with E-state index in [9.17, 15) is 24.5 Å². The number of anilines is 1. The van der Waals surface area contributed by atoms with Gasteiger partial charge in [-0.05, 0) is 18.2 Å². The lowest BCUT2D eigenvalue weighted by atomic mass is 10.1. The summed E-state index contributed by atoms with van der Waals surface area (Å²) in [7, 11) is 0. The molecular weight excluding hydrogens is 507 g/mol. The first-order chi connectivity index (χ1) is 16.6. The SMILES string of the molecule is O=C(Nc1cccc(Cl)c1Cl)OCc1cnc(-c2cc3nc(C(=O)O)c(=O)[nH]c3cc2[N+](=O)[O-])[nH]1. The lowest BCUT2D eigenvalue weighted by molar-refractivity contribution is -0.384. The molecule has 0 bridgehead atoms. The van der Waals surface area contributed by atoms with Crippen molar-refractivity contribution in [1.82, 2.24) is 19.9 Å². The number of imidazole rings is 1. The van der Waals surface area contributed by atoms with E-state index < -0.39 is 33.9 Å². The van der Waals surface area contributed by atoms with Gasteiger partial charge in [0.2, 0.25) is 5.69 Å². The molecule has 35 heavy (non-hydrogen) atoms. The van der Waals surface area contributed by atoms with Crippen LogP contribution in [0.15, 0.2) is 41.3 Å². The molecule has 13 nitrogen and oxygen atoms in total. The maximum Gasteiger partial charge on any atom is 0.412 e. The first-order valence-electron chi connectivity index (χ1n) is 9.52. The molecule has 4 rings (SSSR count). The number of nitrogens with one attached hydrogen (secondary N) is 3. The number of H-pyrrole nitrogens is 2. The van der Waals surface area contributed by atoms with Gasteiger partial charge in [0.25, 0.3) is 11.2 Å². The molecule has 0 atom stereocenters. The number of aromatic amines is 2. The molecule has 178 valence electrons. The summed E-state index contributed by atoms with van der Waals surface area (Å²) in [6, 6.07) is 6.93. The Morgan fingerprint density at radius 2 is 2.00 bits per heavy atom. The average Bonchev–Trinajstić information content (AvgIpc) is 3.28. The van der Waals surface area contributed by atoms with Crippen molar-refractivity contribution in [3.05, 3.63) is 78.4 Å². The van der Waals surface area contributed by atoms with Crippen LogP contribution < -0.4 is 10.9 Å². The smallest absolute Gasteiger partial charge is 0.412 e. The minimum absolute atomic E-state index is 0.00502. The fourth-order valence-electron chi connectivity index (χ4n) is 3.07. The van der Waals surface area contributed by atoms with Crippen molar-refractivity contribution in [2.75, 3.05) is 5.32 Å². The van der Waals surface area contributed by atoms with Gasteiger partial charge >= 0.3 is 12.1 Å². The Bertz CT molecular complexity index is 1570. The lowest BCUT2D eigenvalue weighted by Gasteiger charge is -2.08. The summed E-state index contributed by atoms with van der Waals surface area (Å²) in [4.78, 5) is 59.0. The fourth-order valence-corrected chi connectivity index (χ4v) is 3.41. The highest BCUT2D eigenvalue weighted by atomic mass is 35.5. The number of nitrogens with zero attached hydrogens (tertiary/aromatic N) is 3. The maximum atomic E-state index is 12.1. The molecule has 2 heterocycles. The zero-order valence-corrected chi connectivity index (χ0v) is 18.7. The molecule has 0 fully saturated rings. The average molecular weight is 519 g/mol. The Labute approximate surface area is 203 Å². The number of carbonyl (C=O) groups excluding carboxylic acids is 1. The molecule has 2 aromatic carbocycles. The van der Waals surface area contributed by atoms with Gasteiger partial charge in [0.1, 0.15) is 12.4 Å². The Balaban J connectivity index is 1.58. The van der Waals surface area contributed by atoms with E-state index >= 15 is 0 Å². The summed E-state index contributed by atoms with van der Waals surface area (Å²) in [5.41, 5.74) is -1.71. The minimum Gasteiger partial charge on any atom is -0.476 e. The van der Waals surface area contributed by atoms with Gasteiger partial charge in [-0.3, -0.25) is 20.2 Å². The van der Waals surface area contributed by atoms with E-state index in [-0.39, 0.29) is 44.8 Å². The van der Waals surface area contributed by atoms with Crippen LogP contribution in [0.25, 0.3) is 22.4 Å². The number of halogens is 2. The van der Waals surface area contributed by atoms with Crippen molar-refractivity contribution in [3.63, 3.8) is 0 Å². The van der Waals surface area contributed by atoms with Crippen LogP contribution in [0.1, 0.15) is 16.2 Å². The van der Waals surface area contributed by atoms with E-state index in [1.807, 2.05) is 0 Å².